The molecule has 0 aromatic heterocycles. The lowest BCUT2D eigenvalue weighted by atomic mass is 10.5. The molecule has 0 rings (SSSR count). The Morgan fingerprint density at radius 1 is 1.83 bits per heavy atom. The highest BCUT2D eigenvalue weighted by Crippen LogP contribution is 1.71. The van der Waals surface area contributed by atoms with Crippen LogP contribution in [0, 0.1) is 0 Å². The molecule has 0 atom stereocenters. The summed E-state index contributed by atoms with van der Waals surface area (Å²) < 4.78 is 3.90. The predicted octanol–water partition coefficient (Wildman–Crippen LogP) is 1.09. The standard InChI is InChI=1S/C4H9NS/c1-3-4-5-6-2/h2-4H2,1H3. The summed E-state index contributed by atoms with van der Waals surface area (Å²) in [6, 6.07) is 0. The third-order valence-electron chi connectivity index (χ3n) is 0.406. The molecule has 6 heavy (non-hydrogen) atoms. The summed E-state index contributed by atoms with van der Waals surface area (Å²) in [5.74, 6) is 3.47. The zero-order valence-corrected chi connectivity index (χ0v) is 4.79. The summed E-state index contributed by atoms with van der Waals surface area (Å²) in [5, 5.41) is 0. The summed E-state index contributed by atoms with van der Waals surface area (Å²) in [5.41, 5.74) is 0. The van der Waals surface area contributed by atoms with Crippen molar-refractivity contribution in [2.24, 2.45) is 4.36 Å². The van der Waals surface area contributed by atoms with Crippen LogP contribution >= 0.6 is 0 Å². The van der Waals surface area contributed by atoms with Gasteiger partial charge < -0.3 is 0 Å². The molecule has 0 radical (unpaired) electrons. The smallest absolute Gasteiger partial charge is 0.0509 e. The number of rotatable bonds is 2. The lowest BCUT2D eigenvalue weighted by Crippen LogP contribution is -1.67. The normalized spacial score (nSPS) is 7.50. The molecule has 0 aliphatic carbocycles. The Bertz CT molecular complexity index is 63.9. The molecular formula is C4H9NS. The zero-order chi connectivity index (χ0) is 4.83. The van der Waals surface area contributed by atoms with Gasteiger partial charge >= 0.3 is 0 Å². The van der Waals surface area contributed by atoms with Crippen LogP contribution in [0.3, 0.4) is 0 Å². The van der Waals surface area contributed by atoms with Crippen molar-refractivity contribution in [2.45, 2.75) is 13.3 Å². The Kier molecular flexibility index (Phi) is 4.80. The largest absolute Gasteiger partial charge is 0.231 e. The van der Waals surface area contributed by atoms with Gasteiger partial charge in [-0.25, -0.2) is 4.36 Å². The molecule has 0 unspecified atom stereocenters. The van der Waals surface area contributed by atoms with Crippen LogP contribution in [0.5, 0.6) is 0 Å². The predicted molar refractivity (Wildman–Crippen MR) is 32.1 cm³/mol. The Morgan fingerprint density at radius 3 is 2.67 bits per heavy atom. The maximum Gasteiger partial charge on any atom is 0.0509 e. The van der Waals surface area contributed by atoms with Crippen LogP contribution in [0.25, 0.3) is 0 Å². The molecule has 1 nitrogen and oxygen atoms in total. The van der Waals surface area contributed by atoms with Crippen molar-refractivity contribution in [3.8, 4) is 0 Å². The van der Waals surface area contributed by atoms with E-state index >= 15 is 0 Å². The lowest BCUT2D eigenvalue weighted by Gasteiger charge is -1.73. The molecule has 0 bridgehead atoms. The molecular weight excluding hydrogens is 94.1 g/mol. The van der Waals surface area contributed by atoms with Crippen molar-refractivity contribution in [2.75, 3.05) is 6.54 Å². The molecule has 0 saturated carbocycles. The molecule has 0 aliphatic heterocycles. The van der Waals surface area contributed by atoms with Crippen LogP contribution in [0.15, 0.2) is 4.36 Å². The van der Waals surface area contributed by atoms with Crippen molar-refractivity contribution in [1.82, 2.24) is 0 Å². The van der Waals surface area contributed by atoms with Gasteiger partial charge in [-0.05, 0) is 12.3 Å². The van der Waals surface area contributed by atoms with Crippen molar-refractivity contribution in [3.63, 3.8) is 0 Å². The van der Waals surface area contributed by atoms with Gasteiger partial charge in [-0.3, -0.25) is 0 Å². The van der Waals surface area contributed by atoms with Crippen LogP contribution in [0.2, 0.25) is 0 Å². The Hall–Kier alpha value is -0.110. The third-order valence-corrected chi connectivity index (χ3v) is 0.771. The molecule has 0 aromatic rings. The topological polar surface area (TPSA) is 12.4 Å². The summed E-state index contributed by atoms with van der Waals surface area (Å²) in [7, 11) is 0. The van der Waals surface area contributed by atoms with E-state index in [1.165, 1.54) is 11.1 Å². The van der Waals surface area contributed by atoms with Gasteiger partial charge in [0.25, 0.3) is 0 Å². The van der Waals surface area contributed by atoms with Crippen LogP contribution in [0.4, 0.5) is 0 Å². The fourth-order valence-electron chi connectivity index (χ4n) is 0.156. The van der Waals surface area contributed by atoms with E-state index < -0.39 is 0 Å². The zero-order valence-electron chi connectivity index (χ0n) is 3.98. The van der Waals surface area contributed by atoms with Crippen molar-refractivity contribution >= 4 is 17.0 Å². The Labute approximate surface area is 42.1 Å². The van der Waals surface area contributed by atoms with E-state index in [-0.39, 0.29) is 0 Å². The van der Waals surface area contributed by atoms with Gasteiger partial charge in [-0.1, -0.05) is 18.1 Å². The highest BCUT2D eigenvalue weighted by molar-refractivity contribution is 7.65. The highest BCUT2D eigenvalue weighted by Gasteiger charge is 1.64. The molecule has 0 fully saturated rings. The molecule has 0 N–H and O–H groups in total. The fourth-order valence-corrected chi connectivity index (χ4v) is 0.468. The van der Waals surface area contributed by atoms with E-state index in [9.17, 15) is 0 Å². The quantitative estimate of drug-likeness (QED) is 0.464. The molecule has 0 aliphatic rings. The second kappa shape index (κ2) is 4.89. The monoisotopic (exact) mass is 103 g/mol. The average molecular weight is 103 g/mol. The Morgan fingerprint density at radius 2 is 2.50 bits per heavy atom. The number of nitrogens with zero attached hydrogens (tertiary/aromatic N) is 1. The molecule has 0 heterocycles. The fraction of sp³-hybridized carbons (Fsp3) is 0.750. The molecule has 0 amide bonds. The van der Waals surface area contributed by atoms with Crippen molar-refractivity contribution < 1.29 is 0 Å². The first-order valence-electron chi connectivity index (χ1n) is 1.99. The summed E-state index contributed by atoms with van der Waals surface area (Å²) in [6.45, 7) is 3.04. The third kappa shape index (κ3) is 3.89. The van der Waals surface area contributed by atoms with Gasteiger partial charge in [-0.2, -0.15) is 0 Å². The maximum atomic E-state index is 3.90. The van der Waals surface area contributed by atoms with Crippen LogP contribution < -0.4 is 0 Å². The van der Waals surface area contributed by atoms with E-state index in [1.54, 1.807) is 0 Å². The van der Waals surface area contributed by atoms with Gasteiger partial charge in [0.05, 0.1) is 6.54 Å². The van der Waals surface area contributed by atoms with Gasteiger partial charge in [0, 0.05) is 0 Å². The van der Waals surface area contributed by atoms with Crippen molar-refractivity contribution in [3.05, 3.63) is 0 Å². The highest BCUT2D eigenvalue weighted by atomic mass is 32.1. The van der Waals surface area contributed by atoms with Gasteiger partial charge in [0.1, 0.15) is 0 Å². The minimum atomic E-state index is 0.939. The Balaban J connectivity index is 2.86. The summed E-state index contributed by atoms with van der Waals surface area (Å²) in [6.07, 6.45) is 1.13. The summed E-state index contributed by atoms with van der Waals surface area (Å²) >= 11 is 1.30. The molecule has 2 heteroatoms. The number of hydrogen-bond acceptors (Lipinski definition) is 1. The van der Waals surface area contributed by atoms with Crippen molar-refractivity contribution in [1.29, 1.82) is 0 Å². The first kappa shape index (κ1) is 5.89. The minimum absolute atomic E-state index is 0.939. The molecule has 0 saturated heterocycles. The van der Waals surface area contributed by atoms with Crippen LogP contribution in [-0.2, 0) is 11.1 Å². The van der Waals surface area contributed by atoms with Gasteiger partial charge in [-0.15, -0.1) is 0 Å². The van der Waals surface area contributed by atoms with Gasteiger partial charge in [0.15, 0.2) is 0 Å². The van der Waals surface area contributed by atoms with Gasteiger partial charge in [0.2, 0.25) is 0 Å². The van der Waals surface area contributed by atoms with E-state index in [4.69, 9.17) is 0 Å². The molecule has 36 valence electrons. The summed E-state index contributed by atoms with van der Waals surface area (Å²) in [4.78, 5) is 0. The van der Waals surface area contributed by atoms with E-state index in [1.807, 2.05) is 0 Å². The molecule has 0 aromatic carbocycles. The maximum absolute atomic E-state index is 3.90. The minimum Gasteiger partial charge on any atom is -0.231 e. The first-order chi connectivity index (χ1) is 2.91. The van der Waals surface area contributed by atoms with E-state index in [0.717, 1.165) is 13.0 Å². The average Bonchev–Trinajstić information content (AvgIpc) is 1.61. The second-order valence-electron chi connectivity index (χ2n) is 0.982. The lowest BCUT2D eigenvalue weighted by molar-refractivity contribution is 0.947. The van der Waals surface area contributed by atoms with E-state index in [0.29, 0.717) is 0 Å². The second-order valence-corrected chi connectivity index (χ2v) is 1.50. The molecule has 0 spiro atoms. The SMILES string of the molecule is C=S=NCCC. The van der Waals surface area contributed by atoms with Crippen LogP contribution in [-0.4, -0.2) is 12.4 Å². The number of hydrogen-bond donors (Lipinski definition) is 0. The van der Waals surface area contributed by atoms with Crippen LogP contribution in [0.1, 0.15) is 13.3 Å². The first-order valence-corrected chi connectivity index (χ1v) is 2.94. The van der Waals surface area contributed by atoms with E-state index in [2.05, 4.69) is 17.2 Å².